The summed E-state index contributed by atoms with van der Waals surface area (Å²) in [6.07, 6.45) is -0.0867. The summed E-state index contributed by atoms with van der Waals surface area (Å²) < 4.78 is 5.71. The Hall–Kier alpha value is -2.37. The third kappa shape index (κ3) is 3.84. The monoisotopic (exact) mass is 365 g/mol. The van der Waals surface area contributed by atoms with Crippen LogP contribution in [0.25, 0.3) is 0 Å². The lowest BCUT2D eigenvalue weighted by molar-refractivity contribution is 0.0683. The number of ether oxygens (including phenoxy) is 1. The van der Waals surface area contributed by atoms with E-state index in [0.717, 1.165) is 5.13 Å². The van der Waals surface area contributed by atoms with E-state index in [2.05, 4.69) is 10.2 Å². The van der Waals surface area contributed by atoms with Crippen molar-refractivity contribution >= 4 is 29.6 Å². The van der Waals surface area contributed by atoms with Gasteiger partial charge < -0.3 is 29.9 Å². The molecule has 0 atom stereocenters. The summed E-state index contributed by atoms with van der Waals surface area (Å²) in [6, 6.07) is 3.01. The van der Waals surface area contributed by atoms with E-state index < -0.39 is 18.8 Å². The zero-order valence-electron chi connectivity index (χ0n) is 13.1. The van der Waals surface area contributed by atoms with Crippen LogP contribution in [0.5, 0.6) is 11.5 Å². The number of carboxylic acid groups (broad SMARTS) is 1. The highest BCUT2D eigenvalue weighted by Crippen LogP contribution is 2.34. The number of carboxylic acids is 1. The molecule has 9 nitrogen and oxygen atoms in total. The zero-order valence-corrected chi connectivity index (χ0v) is 13.9. The van der Waals surface area contributed by atoms with Crippen molar-refractivity contribution in [1.82, 2.24) is 10.2 Å². The van der Waals surface area contributed by atoms with Crippen LogP contribution in [0.4, 0.5) is 5.13 Å². The molecule has 4 N–H and O–H groups in total. The molecule has 1 aromatic carbocycles. The number of hydrogen-bond donors (Lipinski definition) is 4. The van der Waals surface area contributed by atoms with Crippen LogP contribution in [-0.4, -0.2) is 62.7 Å². The smallest absolute Gasteiger partial charge is 0.451 e. The number of carbonyl (C=O) groups is 1. The maximum Gasteiger partial charge on any atom is 0.451 e. The van der Waals surface area contributed by atoms with E-state index >= 15 is 0 Å². The Morgan fingerprint density at radius 1 is 1.40 bits per heavy atom. The molecule has 0 saturated carbocycles. The SMILES string of the molecule is O=C(O)c1c(OC2CN(c3nncs3)C2)ccc(CCB(O)O)c1O. The summed E-state index contributed by atoms with van der Waals surface area (Å²) in [5.74, 6) is -1.63. The predicted molar refractivity (Wildman–Crippen MR) is 90.3 cm³/mol. The molecular weight excluding hydrogens is 349 g/mol. The van der Waals surface area contributed by atoms with Gasteiger partial charge >= 0.3 is 13.1 Å². The van der Waals surface area contributed by atoms with Crippen LogP contribution in [0, 0.1) is 0 Å². The number of rotatable bonds is 7. The van der Waals surface area contributed by atoms with E-state index in [1.165, 1.54) is 23.5 Å². The lowest BCUT2D eigenvalue weighted by Crippen LogP contribution is -2.54. The first kappa shape index (κ1) is 17.5. The average Bonchev–Trinajstić information content (AvgIpc) is 3.02. The molecule has 25 heavy (non-hydrogen) atoms. The standard InChI is InChI=1S/C14H16BN3O6S/c19-12-8(3-4-15(22)23)1-2-10(11(12)13(20)21)24-9-5-18(6-9)14-17-16-7-25-14/h1-2,7,9,19,22-23H,3-6H2,(H,20,21). The van der Waals surface area contributed by atoms with Crippen LogP contribution in [0.2, 0.25) is 6.32 Å². The van der Waals surface area contributed by atoms with Crippen LogP contribution < -0.4 is 9.64 Å². The van der Waals surface area contributed by atoms with Gasteiger partial charge in [0.25, 0.3) is 0 Å². The number of phenols is 1. The average molecular weight is 365 g/mol. The van der Waals surface area contributed by atoms with Crippen LogP contribution in [0.1, 0.15) is 15.9 Å². The number of aryl methyl sites for hydroxylation is 1. The molecule has 1 aromatic heterocycles. The molecular formula is C14H16BN3O6S. The van der Waals surface area contributed by atoms with Crippen molar-refractivity contribution in [2.45, 2.75) is 18.8 Å². The first-order valence-electron chi connectivity index (χ1n) is 7.57. The maximum absolute atomic E-state index is 11.5. The van der Waals surface area contributed by atoms with Gasteiger partial charge in [-0.3, -0.25) is 0 Å². The van der Waals surface area contributed by atoms with Crippen molar-refractivity contribution in [2.24, 2.45) is 0 Å². The number of benzene rings is 1. The Morgan fingerprint density at radius 3 is 2.76 bits per heavy atom. The normalized spacial score (nSPS) is 14.2. The lowest BCUT2D eigenvalue weighted by Gasteiger charge is -2.38. The van der Waals surface area contributed by atoms with E-state index in [0.29, 0.717) is 18.7 Å². The van der Waals surface area contributed by atoms with Crippen molar-refractivity contribution in [3.63, 3.8) is 0 Å². The van der Waals surface area contributed by atoms with Gasteiger partial charge in [0, 0.05) is 0 Å². The second kappa shape index (κ2) is 7.25. The van der Waals surface area contributed by atoms with Gasteiger partial charge in [-0.15, -0.1) is 10.2 Å². The second-order valence-corrected chi connectivity index (χ2v) is 6.45. The summed E-state index contributed by atoms with van der Waals surface area (Å²) in [5.41, 5.74) is 1.63. The third-order valence-electron chi connectivity index (χ3n) is 3.87. The highest BCUT2D eigenvalue weighted by Gasteiger charge is 2.32. The van der Waals surface area contributed by atoms with Crippen molar-refractivity contribution in [1.29, 1.82) is 0 Å². The predicted octanol–water partition coefficient (Wildman–Crippen LogP) is 0.225. The molecule has 1 saturated heterocycles. The molecule has 0 radical (unpaired) electrons. The molecule has 0 unspecified atom stereocenters. The van der Waals surface area contributed by atoms with Crippen LogP contribution >= 0.6 is 11.3 Å². The fraction of sp³-hybridized carbons (Fsp3) is 0.357. The Balaban J connectivity index is 1.71. The Labute approximate surface area is 147 Å². The van der Waals surface area contributed by atoms with E-state index in [4.69, 9.17) is 14.8 Å². The summed E-state index contributed by atoms with van der Waals surface area (Å²) in [6.45, 7) is 1.10. The molecule has 2 aromatic rings. The molecule has 1 aliphatic heterocycles. The highest BCUT2D eigenvalue weighted by atomic mass is 32.1. The lowest BCUT2D eigenvalue weighted by atomic mass is 9.82. The van der Waals surface area contributed by atoms with Gasteiger partial charge in [-0.1, -0.05) is 17.4 Å². The highest BCUT2D eigenvalue weighted by molar-refractivity contribution is 7.13. The molecule has 11 heteroatoms. The minimum atomic E-state index is -1.52. The van der Waals surface area contributed by atoms with Crippen LogP contribution in [0.3, 0.4) is 0 Å². The van der Waals surface area contributed by atoms with Crippen molar-refractivity contribution in [3.8, 4) is 11.5 Å². The van der Waals surface area contributed by atoms with E-state index in [1.54, 1.807) is 5.51 Å². The number of hydrogen-bond acceptors (Lipinski definition) is 9. The fourth-order valence-electron chi connectivity index (χ4n) is 2.56. The molecule has 2 heterocycles. The largest absolute Gasteiger partial charge is 0.507 e. The number of aromatic carboxylic acids is 1. The van der Waals surface area contributed by atoms with E-state index in [1.807, 2.05) is 4.90 Å². The van der Waals surface area contributed by atoms with E-state index in [9.17, 15) is 15.0 Å². The topological polar surface area (TPSA) is 136 Å². The maximum atomic E-state index is 11.5. The van der Waals surface area contributed by atoms with Crippen molar-refractivity contribution < 1.29 is 29.8 Å². The van der Waals surface area contributed by atoms with Gasteiger partial charge in [-0.05, 0) is 24.4 Å². The molecule has 1 fully saturated rings. The van der Waals surface area contributed by atoms with Gasteiger partial charge in [0.1, 0.15) is 28.7 Å². The first-order valence-corrected chi connectivity index (χ1v) is 8.45. The Kier molecular flexibility index (Phi) is 5.07. The van der Waals surface area contributed by atoms with Crippen molar-refractivity contribution in [2.75, 3.05) is 18.0 Å². The Bertz CT molecular complexity index is 751. The molecule has 1 aliphatic rings. The first-order chi connectivity index (χ1) is 12.0. The molecule has 0 amide bonds. The van der Waals surface area contributed by atoms with Crippen LogP contribution in [0.15, 0.2) is 17.6 Å². The van der Waals surface area contributed by atoms with Gasteiger partial charge in [0.2, 0.25) is 5.13 Å². The molecule has 0 spiro atoms. The summed E-state index contributed by atoms with van der Waals surface area (Å²) in [4.78, 5) is 13.5. The third-order valence-corrected chi connectivity index (χ3v) is 4.62. The molecule has 132 valence electrons. The van der Waals surface area contributed by atoms with E-state index in [-0.39, 0.29) is 30.2 Å². The van der Waals surface area contributed by atoms with Gasteiger partial charge in [-0.25, -0.2) is 4.79 Å². The molecule has 0 aliphatic carbocycles. The zero-order chi connectivity index (χ0) is 18.0. The summed E-state index contributed by atoms with van der Waals surface area (Å²) >= 11 is 1.41. The van der Waals surface area contributed by atoms with Crippen LogP contribution in [-0.2, 0) is 6.42 Å². The quantitative estimate of drug-likeness (QED) is 0.508. The van der Waals surface area contributed by atoms with Crippen molar-refractivity contribution in [3.05, 3.63) is 28.8 Å². The second-order valence-electron chi connectivity index (χ2n) is 5.64. The number of anilines is 1. The summed E-state index contributed by atoms with van der Waals surface area (Å²) in [7, 11) is -1.52. The number of nitrogens with zero attached hydrogens (tertiary/aromatic N) is 3. The molecule has 0 bridgehead atoms. The molecule has 3 rings (SSSR count). The fourth-order valence-corrected chi connectivity index (χ4v) is 3.14. The van der Waals surface area contributed by atoms with Gasteiger partial charge in [0.05, 0.1) is 13.1 Å². The van der Waals surface area contributed by atoms with Gasteiger partial charge in [-0.2, -0.15) is 0 Å². The Morgan fingerprint density at radius 2 is 2.16 bits per heavy atom. The minimum Gasteiger partial charge on any atom is -0.507 e. The van der Waals surface area contributed by atoms with Gasteiger partial charge in [0.15, 0.2) is 0 Å². The number of aromatic nitrogens is 2. The summed E-state index contributed by atoms with van der Waals surface area (Å²) in [5, 5.41) is 45.9. The minimum absolute atomic E-state index is 0.00768. The number of aromatic hydroxyl groups is 1.